The molecule has 3 aromatic heterocycles. The lowest BCUT2D eigenvalue weighted by atomic mass is 10.2. The van der Waals surface area contributed by atoms with Crippen molar-refractivity contribution < 1.29 is 0 Å². The third-order valence-corrected chi connectivity index (χ3v) is 2.90. The van der Waals surface area contributed by atoms with Crippen LogP contribution in [0.3, 0.4) is 0 Å². The van der Waals surface area contributed by atoms with Crippen molar-refractivity contribution in [3.63, 3.8) is 0 Å². The van der Waals surface area contributed by atoms with Crippen LogP contribution in [0.1, 0.15) is 13.3 Å². The van der Waals surface area contributed by atoms with Crippen LogP contribution >= 0.6 is 0 Å². The summed E-state index contributed by atoms with van der Waals surface area (Å²) >= 11 is 0. The van der Waals surface area contributed by atoms with Crippen molar-refractivity contribution >= 4 is 0 Å². The van der Waals surface area contributed by atoms with Gasteiger partial charge in [0.2, 0.25) is 0 Å². The van der Waals surface area contributed by atoms with Gasteiger partial charge in [-0.15, -0.1) is 0 Å². The van der Waals surface area contributed by atoms with E-state index in [1.165, 1.54) is 0 Å². The number of aromatic nitrogens is 6. The van der Waals surface area contributed by atoms with E-state index in [4.69, 9.17) is 0 Å². The third kappa shape index (κ3) is 2.40. The van der Waals surface area contributed by atoms with Gasteiger partial charge in [0, 0.05) is 36.9 Å². The van der Waals surface area contributed by atoms with Gasteiger partial charge in [-0.2, -0.15) is 5.10 Å². The summed E-state index contributed by atoms with van der Waals surface area (Å²) in [5.41, 5.74) is 1.82. The fourth-order valence-corrected chi connectivity index (χ4v) is 1.96. The van der Waals surface area contributed by atoms with Crippen LogP contribution < -0.4 is 0 Å². The molecule has 3 rings (SSSR count). The van der Waals surface area contributed by atoms with Crippen LogP contribution in [0.4, 0.5) is 0 Å². The molecule has 0 aliphatic rings. The van der Waals surface area contributed by atoms with E-state index in [9.17, 15) is 0 Å². The monoisotopic (exact) mass is 266 g/mol. The average molecular weight is 266 g/mol. The average Bonchev–Trinajstić information content (AvgIpc) is 2.97. The van der Waals surface area contributed by atoms with Gasteiger partial charge >= 0.3 is 0 Å². The van der Waals surface area contributed by atoms with E-state index < -0.39 is 0 Å². The van der Waals surface area contributed by atoms with Crippen LogP contribution in [0.5, 0.6) is 0 Å². The van der Waals surface area contributed by atoms with Crippen molar-refractivity contribution in [1.29, 1.82) is 0 Å². The van der Waals surface area contributed by atoms with Crippen LogP contribution in [0.25, 0.3) is 22.8 Å². The fourth-order valence-electron chi connectivity index (χ4n) is 1.96. The van der Waals surface area contributed by atoms with Gasteiger partial charge < -0.3 is 0 Å². The van der Waals surface area contributed by atoms with E-state index in [2.05, 4.69) is 32.0 Å². The van der Waals surface area contributed by atoms with Crippen molar-refractivity contribution in [2.24, 2.45) is 0 Å². The molecular weight excluding hydrogens is 252 g/mol. The third-order valence-electron chi connectivity index (χ3n) is 2.90. The molecule has 100 valence electrons. The van der Waals surface area contributed by atoms with E-state index in [-0.39, 0.29) is 0 Å². The summed E-state index contributed by atoms with van der Waals surface area (Å²) < 4.78 is 1.87. The molecule has 0 amide bonds. The first-order valence-corrected chi connectivity index (χ1v) is 6.49. The maximum absolute atomic E-state index is 4.39. The summed E-state index contributed by atoms with van der Waals surface area (Å²) in [7, 11) is 0. The van der Waals surface area contributed by atoms with Gasteiger partial charge in [-0.05, 0) is 18.6 Å². The molecule has 0 radical (unpaired) electrons. The largest absolute Gasteiger partial charge is 0.265 e. The zero-order chi connectivity index (χ0) is 13.8. The van der Waals surface area contributed by atoms with E-state index in [0.29, 0.717) is 5.82 Å². The smallest absolute Gasteiger partial charge is 0.161 e. The molecule has 0 bridgehead atoms. The summed E-state index contributed by atoms with van der Waals surface area (Å²) in [5, 5.41) is 4.20. The summed E-state index contributed by atoms with van der Waals surface area (Å²) in [6.45, 7) is 2.94. The lowest BCUT2D eigenvalue weighted by molar-refractivity contribution is 0.607. The van der Waals surface area contributed by atoms with Crippen LogP contribution in [-0.4, -0.2) is 29.7 Å². The number of pyridine rings is 1. The van der Waals surface area contributed by atoms with E-state index in [0.717, 1.165) is 29.9 Å². The lowest BCUT2D eigenvalue weighted by Gasteiger charge is -2.04. The van der Waals surface area contributed by atoms with Crippen molar-refractivity contribution in [2.45, 2.75) is 19.9 Å². The fraction of sp³-hybridized carbons (Fsp3) is 0.214. The molecular formula is C14H14N6. The van der Waals surface area contributed by atoms with Crippen molar-refractivity contribution in [1.82, 2.24) is 29.7 Å². The number of rotatable bonds is 4. The Labute approximate surface area is 116 Å². The zero-order valence-corrected chi connectivity index (χ0v) is 11.1. The molecule has 0 fully saturated rings. The van der Waals surface area contributed by atoms with Gasteiger partial charge in [0.25, 0.3) is 0 Å². The number of aryl methyl sites for hydroxylation is 1. The summed E-state index contributed by atoms with van der Waals surface area (Å²) in [6.07, 6.45) is 9.57. The molecule has 3 heterocycles. The highest BCUT2D eigenvalue weighted by Crippen LogP contribution is 2.18. The van der Waals surface area contributed by atoms with Crippen molar-refractivity contribution in [3.8, 4) is 22.8 Å². The van der Waals surface area contributed by atoms with Crippen LogP contribution in [0.15, 0.2) is 43.2 Å². The topological polar surface area (TPSA) is 69.4 Å². The van der Waals surface area contributed by atoms with Gasteiger partial charge in [-0.25, -0.2) is 19.6 Å². The van der Waals surface area contributed by atoms with Gasteiger partial charge in [-0.1, -0.05) is 6.92 Å². The maximum atomic E-state index is 4.39. The van der Waals surface area contributed by atoms with Crippen molar-refractivity contribution in [3.05, 3.63) is 43.2 Å². The molecule has 0 unspecified atom stereocenters. The second-order valence-electron chi connectivity index (χ2n) is 4.34. The first-order valence-electron chi connectivity index (χ1n) is 6.49. The molecule has 0 saturated heterocycles. The highest BCUT2D eigenvalue weighted by Gasteiger charge is 2.08. The predicted molar refractivity (Wildman–Crippen MR) is 74.6 cm³/mol. The number of hydrogen-bond acceptors (Lipinski definition) is 5. The Hall–Kier alpha value is -2.63. The molecule has 0 spiro atoms. The molecule has 0 aliphatic heterocycles. The molecule has 0 N–H and O–H groups in total. The standard InChI is InChI=1S/C14H14N6/c1-2-7-20-14(18-10-19-20)12-8-16-13(17-9-12)11-3-5-15-6-4-11/h3-6,8-10H,2,7H2,1H3. The zero-order valence-electron chi connectivity index (χ0n) is 11.1. The first kappa shape index (κ1) is 12.4. The Morgan fingerprint density at radius 1 is 1.00 bits per heavy atom. The van der Waals surface area contributed by atoms with Crippen molar-refractivity contribution in [2.75, 3.05) is 0 Å². The van der Waals surface area contributed by atoms with E-state index in [1.807, 2.05) is 16.8 Å². The highest BCUT2D eigenvalue weighted by molar-refractivity contribution is 5.57. The SMILES string of the molecule is CCCn1ncnc1-c1cnc(-c2ccncc2)nc1. The Balaban J connectivity index is 1.91. The molecule has 6 heteroatoms. The second kappa shape index (κ2) is 5.56. The van der Waals surface area contributed by atoms with Gasteiger partial charge in [0.1, 0.15) is 6.33 Å². The van der Waals surface area contributed by atoms with Gasteiger partial charge in [-0.3, -0.25) is 4.98 Å². The quantitative estimate of drug-likeness (QED) is 0.724. The molecule has 0 saturated carbocycles. The normalized spacial score (nSPS) is 10.7. The van der Waals surface area contributed by atoms with Crippen LogP contribution in [0, 0.1) is 0 Å². The summed E-state index contributed by atoms with van der Waals surface area (Å²) in [5.74, 6) is 1.48. The molecule has 0 atom stereocenters. The molecule has 3 aromatic rings. The second-order valence-corrected chi connectivity index (χ2v) is 4.34. The summed E-state index contributed by atoms with van der Waals surface area (Å²) in [6, 6.07) is 3.77. The number of nitrogens with zero attached hydrogens (tertiary/aromatic N) is 6. The maximum Gasteiger partial charge on any atom is 0.161 e. The van der Waals surface area contributed by atoms with Gasteiger partial charge in [0.15, 0.2) is 11.6 Å². The number of hydrogen-bond donors (Lipinski definition) is 0. The van der Waals surface area contributed by atoms with Crippen LogP contribution in [-0.2, 0) is 6.54 Å². The Bertz CT molecular complexity index is 674. The minimum atomic E-state index is 0.678. The van der Waals surface area contributed by atoms with Crippen LogP contribution in [0.2, 0.25) is 0 Å². The molecule has 20 heavy (non-hydrogen) atoms. The summed E-state index contributed by atoms with van der Waals surface area (Å²) in [4.78, 5) is 17.0. The molecule has 6 nitrogen and oxygen atoms in total. The predicted octanol–water partition coefficient (Wildman–Crippen LogP) is 2.21. The minimum Gasteiger partial charge on any atom is -0.265 e. The highest BCUT2D eigenvalue weighted by atomic mass is 15.3. The Kier molecular flexibility index (Phi) is 3.45. The molecule has 0 aromatic carbocycles. The Morgan fingerprint density at radius 3 is 2.45 bits per heavy atom. The Morgan fingerprint density at radius 2 is 1.75 bits per heavy atom. The van der Waals surface area contributed by atoms with E-state index >= 15 is 0 Å². The first-order chi connectivity index (χ1) is 9.88. The van der Waals surface area contributed by atoms with Gasteiger partial charge in [0.05, 0.1) is 5.56 Å². The minimum absolute atomic E-state index is 0.678. The van der Waals surface area contributed by atoms with E-state index in [1.54, 1.807) is 31.1 Å². The molecule has 0 aliphatic carbocycles. The lowest BCUT2D eigenvalue weighted by Crippen LogP contribution is -2.02.